The molecule has 1 heterocycles. The zero-order chi connectivity index (χ0) is 19.7. The lowest BCUT2D eigenvalue weighted by Crippen LogP contribution is -2.16. The zero-order valence-corrected chi connectivity index (χ0v) is 16.9. The molecular formula is C22H27N3O2. The van der Waals surface area contributed by atoms with Crippen LogP contribution in [0.4, 0.5) is 0 Å². The molecule has 0 aliphatic carbocycles. The van der Waals surface area contributed by atoms with Gasteiger partial charge in [-0.05, 0) is 81.7 Å². The first kappa shape index (κ1) is 19.1. The third kappa shape index (κ3) is 3.88. The number of aromatic hydroxyl groups is 1. The second kappa shape index (κ2) is 7.53. The molecule has 0 spiro atoms. The fourth-order valence-electron chi connectivity index (χ4n) is 3.25. The van der Waals surface area contributed by atoms with E-state index in [0.717, 1.165) is 40.9 Å². The minimum Gasteiger partial charge on any atom is -0.507 e. The maximum absolute atomic E-state index is 10.1. The summed E-state index contributed by atoms with van der Waals surface area (Å²) in [7, 11) is 2.10. The highest BCUT2D eigenvalue weighted by Gasteiger charge is 2.17. The van der Waals surface area contributed by atoms with E-state index in [1.807, 2.05) is 26.8 Å². The number of aryl methyl sites for hydroxylation is 2. The average molecular weight is 365 g/mol. The van der Waals surface area contributed by atoms with Crippen molar-refractivity contribution in [2.45, 2.75) is 41.2 Å². The van der Waals surface area contributed by atoms with Gasteiger partial charge in [0.25, 0.3) is 5.89 Å². The summed E-state index contributed by atoms with van der Waals surface area (Å²) >= 11 is 0. The fraction of sp³-hybridized carbons (Fsp3) is 0.364. The van der Waals surface area contributed by atoms with Gasteiger partial charge in [-0.1, -0.05) is 23.7 Å². The van der Waals surface area contributed by atoms with E-state index in [9.17, 15) is 5.11 Å². The number of benzene rings is 2. The molecule has 0 bridgehead atoms. The van der Waals surface area contributed by atoms with Crippen molar-refractivity contribution in [1.29, 1.82) is 0 Å². The first-order chi connectivity index (χ1) is 12.8. The van der Waals surface area contributed by atoms with Crippen LogP contribution in [0.2, 0.25) is 0 Å². The van der Waals surface area contributed by atoms with Gasteiger partial charge in [0.1, 0.15) is 5.75 Å². The summed E-state index contributed by atoms with van der Waals surface area (Å²) < 4.78 is 5.57. The fourth-order valence-corrected chi connectivity index (χ4v) is 3.25. The van der Waals surface area contributed by atoms with E-state index in [-0.39, 0.29) is 0 Å². The van der Waals surface area contributed by atoms with Gasteiger partial charge in [-0.25, -0.2) is 0 Å². The van der Waals surface area contributed by atoms with Crippen molar-refractivity contribution in [3.8, 4) is 28.6 Å². The molecule has 3 aromatic rings. The molecule has 5 nitrogen and oxygen atoms in total. The molecule has 0 radical (unpaired) electrons. The Hall–Kier alpha value is -2.66. The maximum Gasteiger partial charge on any atom is 0.258 e. The molecule has 27 heavy (non-hydrogen) atoms. The molecule has 0 aliphatic rings. The van der Waals surface area contributed by atoms with E-state index in [2.05, 4.69) is 54.1 Å². The van der Waals surface area contributed by atoms with Gasteiger partial charge in [-0.15, -0.1) is 0 Å². The Morgan fingerprint density at radius 2 is 1.78 bits per heavy atom. The average Bonchev–Trinajstić information content (AvgIpc) is 3.12. The summed E-state index contributed by atoms with van der Waals surface area (Å²) in [6.07, 6.45) is 0. The molecule has 2 aromatic carbocycles. The minimum absolute atomic E-state index is 0.323. The summed E-state index contributed by atoms with van der Waals surface area (Å²) in [4.78, 5) is 6.89. The van der Waals surface area contributed by atoms with Crippen LogP contribution in [-0.2, 0) is 6.54 Å². The molecule has 142 valence electrons. The predicted molar refractivity (Wildman–Crippen MR) is 108 cm³/mol. The molecule has 0 saturated carbocycles. The van der Waals surface area contributed by atoms with Gasteiger partial charge in [0, 0.05) is 17.7 Å². The first-order valence-electron chi connectivity index (χ1n) is 9.23. The monoisotopic (exact) mass is 365 g/mol. The molecule has 1 N–H and O–H groups in total. The highest BCUT2D eigenvalue weighted by atomic mass is 16.5. The maximum atomic E-state index is 10.1. The van der Waals surface area contributed by atoms with Crippen LogP contribution in [0, 0.1) is 27.7 Å². The van der Waals surface area contributed by atoms with Crippen LogP contribution in [0.3, 0.4) is 0 Å². The van der Waals surface area contributed by atoms with E-state index in [1.165, 1.54) is 11.1 Å². The molecule has 5 heteroatoms. The first-order valence-corrected chi connectivity index (χ1v) is 9.23. The Bertz CT molecular complexity index is 976. The number of hydrogen-bond donors (Lipinski definition) is 1. The molecule has 3 rings (SSSR count). The summed E-state index contributed by atoms with van der Waals surface area (Å²) in [5, 5.41) is 14.3. The Morgan fingerprint density at radius 3 is 2.48 bits per heavy atom. The third-order valence-electron chi connectivity index (χ3n) is 5.10. The lowest BCUT2D eigenvalue weighted by molar-refractivity contribution is 0.345. The minimum atomic E-state index is 0.323. The lowest BCUT2D eigenvalue weighted by atomic mass is 9.98. The van der Waals surface area contributed by atoms with E-state index < -0.39 is 0 Å². The van der Waals surface area contributed by atoms with Crippen molar-refractivity contribution >= 4 is 0 Å². The molecule has 0 aliphatic heterocycles. The number of aromatic nitrogens is 2. The standard InChI is InChI=1S/C22H27N3O2/c1-7-25(6)12-17-8-13(2)9-18(11-17)22-23-21(24-27-22)19-10-14(3)20(26)16(5)15(19)4/h8-11,26H,7,12H2,1-6H3. The van der Waals surface area contributed by atoms with Gasteiger partial charge >= 0.3 is 0 Å². The summed E-state index contributed by atoms with van der Waals surface area (Å²) in [5.41, 5.74) is 6.81. The summed E-state index contributed by atoms with van der Waals surface area (Å²) in [6.45, 7) is 11.8. The molecule has 0 amide bonds. The van der Waals surface area contributed by atoms with Crippen molar-refractivity contribution in [3.63, 3.8) is 0 Å². The highest BCUT2D eigenvalue weighted by Crippen LogP contribution is 2.33. The van der Waals surface area contributed by atoms with Crippen molar-refractivity contribution in [2.24, 2.45) is 0 Å². The van der Waals surface area contributed by atoms with Gasteiger partial charge in [0.05, 0.1) is 0 Å². The van der Waals surface area contributed by atoms with Crippen LogP contribution >= 0.6 is 0 Å². The van der Waals surface area contributed by atoms with Crippen molar-refractivity contribution in [3.05, 3.63) is 52.1 Å². The molecule has 0 saturated heterocycles. The largest absolute Gasteiger partial charge is 0.507 e. The molecule has 0 unspecified atom stereocenters. The van der Waals surface area contributed by atoms with Crippen LogP contribution in [0.5, 0.6) is 5.75 Å². The van der Waals surface area contributed by atoms with Crippen molar-refractivity contribution in [1.82, 2.24) is 15.0 Å². The van der Waals surface area contributed by atoms with Crippen LogP contribution in [0.15, 0.2) is 28.8 Å². The third-order valence-corrected chi connectivity index (χ3v) is 5.10. The zero-order valence-electron chi connectivity index (χ0n) is 16.9. The second-order valence-electron chi connectivity index (χ2n) is 7.30. The van der Waals surface area contributed by atoms with E-state index in [4.69, 9.17) is 4.52 Å². The van der Waals surface area contributed by atoms with Gasteiger partial charge in [-0.2, -0.15) is 4.98 Å². The second-order valence-corrected chi connectivity index (χ2v) is 7.30. The SMILES string of the molecule is CCN(C)Cc1cc(C)cc(-c2nc(-c3cc(C)c(O)c(C)c3C)no2)c1. The van der Waals surface area contributed by atoms with Crippen molar-refractivity contribution < 1.29 is 9.63 Å². The number of hydrogen-bond acceptors (Lipinski definition) is 5. The number of phenols is 1. The lowest BCUT2D eigenvalue weighted by Gasteiger charge is -2.14. The summed E-state index contributed by atoms with van der Waals surface area (Å²) in [6, 6.07) is 8.26. The number of nitrogens with zero attached hydrogens (tertiary/aromatic N) is 3. The van der Waals surface area contributed by atoms with Gasteiger partial charge in [0.15, 0.2) is 0 Å². The van der Waals surface area contributed by atoms with Crippen LogP contribution < -0.4 is 0 Å². The molecule has 1 aromatic heterocycles. The van der Waals surface area contributed by atoms with Gasteiger partial charge in [-0.3, -0.25) is 0 Å². The van der Waals surface area contributed by atoms with Crippen LogP contribution in [-0.4, -0.2) is 33.7 Å². The summed E-state index contributed by atoms with van der Waals surface area (Å²) in [5.74, 6) is 1.38. The topological polar surface area (TPSA) is 62.4 Å². The molecule has 0 fully saturated rings. The normalized spacial score (nSPS) is 11.4. The Morgan fingerprint density at radius 1 is 1.04 bits per heavy atom. The van der Waals surface area contributed by atoms with Crippen molar-refractivity contribution in [2.75, 3.05) is 13.6 Å². The number of rotatable bonds is 5. The Balaban J connectivity index is 2.00. The highest BCUT2D eigenvalue weighted by molar-refractivity contribution is 5.68. The Labute approximate surface area is 160 Å². The van der Waals surface area contributed by atoms with E-state index in [1.54, 1.807) is 0 Å². The predicted octanol–water partition coefficient (Wildman–Crippen LogP) is 4.79. The van der Waals surface area contributed by atoms with Gasteiger partial charge < -0.3 is 14.5 Å². The smallest absolute Gasteiger partial charge is 0.258 e. The molecule has 0 atom stereocenters. The van der Waals surface area contributed by atoms with Crippen LogP contribution in [0.25, 0.3) is 22.8 Å². The molecular weight excluding hydrogens is 338 g/mol. The number of phenolic OH excluding ortho intramolecular Hbond substituents is 1. The Kier molecular flexibility index (Phi) is 5.33. The van der Waals surface area contributed by atoms with E-state index >= 15 is 0 Å². The quantitative estimate of drug-likeness (QED) is 0.704. The van der Waals surface area contributed by atoms with Crippen LogP contribution in [0.1, 0.15) is 34.7 Å². The van der Waals surface area contributed by atoms with E-state index in [0.29, 0.717) is 17.5 Å². The van der Waals surface area contributed by atoms with Gasteiger partial charge in [0.2, 0.25) is 5.82 Å².